The monoisotopic (exact) mass is 282 g/mol. The number of nitrogens with zero attached hydrogens (tertiary/aromatic N) is 1. The van der Waals surface area contributed by atoms with E-state index in [9.17, 15) is 0 Å². The Hall–Kier alpha value is -1.71. The zero-order valence-electron chi connectivity index (χ0n) is 12.9. The van der Waals surface area contributed by atoms with Crippen LogP contribution >= 0.6 is 0 Å². The third kappa shape index (κ3) is 2.85. The molecule has 3 heteroatoms. The SMILES string of the molecule is CNCC1OCCc2c(-c3cc(C)nc(C)c3)cccc21. The van der Waals surface area contributed by atoms with Crippen LogP contribution in [0.4, 0.5) is 0 Å². The molecule has 0 saturated heterocycles. The molecular weight excluding hydrogens is 260 g/mol. The van der Waals surface area contributed by atoms with E-state index < -0.39 is 0 Å². The summed E-state index contributed by atoms with van der Waals surface area (Å²) in [7, 11) is 1.97. The Bertz CT molecular complexity index is 631. The Balaban J connectivity index is 2.10. The molecule has 1 aromatic heterocycles. The van der Waals surface area contributed by atoms with Crippen molar-refractivity contribution in [2.24, 2.45) is 0 Å². The molecule has 0 radical (unpaired) electrons. The van der Waals surface area contributed by atoms with Gasteiger partial charge in [-0.15, -0.1) is 0 Å². The number of hydrogen-bond donors (Lipinski definition) is 1. The number of rotatable bonds is 3. The summed E-state index contributed by atoms with van der Waals surface area (Å²) in [5.74, 6) is 0. The zero-order chi connectivity index (χ0) is 14.8. The van der Waals surface area contributed by atoms with Gasteiger partial charge in [0.2, 0.25) is 0 Å². The zero-order valence-corrected chi connectivity index (χ0v) is 12.9. The molecule has 1 N–H and O–H groups in total. The second kappa shape index (κ2) is 5.96. The highest BCUT2D eigenvalue weighted by Crippen LogP contribution is 2.34. The molecule has 21 heavy (non-hydrogen) atoms. The lowest BCUT2D eigenvalue weighted by atomic mass is 9.89. The largest absolute Gasteiger partial charge is 0.372 e. The van der Waals surface area contributed by atoms with Gasteiger partial charge >= 0.3 is 0 Å². The van der Waals surface area contributed by atoms with Gasteiger partial charge in [-0.25, -0.2) is 0 Å². The number of nitrogens with one attached hydrogen (secondary N) is 1. The summed E-state index contributed by atoms with van der Waals surface area (Å²) >= 11 is 0. The van der Waals surface area contributed by atoms with E-state index in [1.807, 2.05) is 7.05 Å². The van der Waals surface area contributed by atoms with Crippen LogP contribution in [0.2, 0.25) is 0 Å². The second-order valence-electron chi connectivity index (χ2n) is 5.68. The first-order valence-corrected chi connectivity index (χ1v) is 7.52. The fourth-order valence-electron chi connectivity index (χ4n) is 3.19. The van der Waals surface area contributed by atoms with Gasteiger partial charge in [-0.3, -0.25) is 4.98 Å². The number of pyridine rings is 1. The van der Waals surface area contributed by atoms with Crippen molar-refractivity contribution in [3.05, 3.63) is 52.8 Å². The van der Waals surface area contributed by atoms with E-state index in [2.05, 4.69) is 54.5 Å². The Morgan fingerprint density at radius 1 is 1.24 bits per heavy atom. The maximum Gasteiger partial charge on any atom is 0.0952 e. The average Bonchev–Trinajstić information content (AvgIpc) is 2.46. The van der Waals surface area contributed by atoms with Crippen LogP contribution in [0.5, 0.6) is 0 Å². The Morgan fingerprint density at radius 3 is 2.71 bits per heavy atom. The molecule has 1 aliphatic heterocycles. The molecule has 3 rings (SSSR count). The van der Waals surface area contributed by atoms with Gasteiger partial charge in [-0.2, -0.15) is 0 Å². The lowest BCUT2D eigenvalue weighted by Gasteiger charge is -2.28. The van der Waals surface area contributed by atoms with E-state index in [-0.39, 0.29) is 6.10 Å². The topological polar surface area (TPSA) is 34.1 Å². The Kier molecular flexibility index (Phi) is 4.04. The van der Waals surface area contributed by atoms with Gasteiger partial charge in [0.05, 0.1) is 12.7 Å². The summed E-state index contributed by atoms with van der Waals surface area (Å²) in [4.78, 5) is 4.48. The average molecular weight is 282 g/mol. The molecule has 2 heterocycles. The van der Waals surface area contributed by atoms with Crippen molar-refractivity contribution in [1.82, 2.24) is 10.3 Å². The minimum absolute atomic E-state index is 0.155. The number of ether oxygens (including phenoxy) is 1. The first kappa shape index (κ1) is 14.2. The number of fused-ring (bicyclic) bond motifs is 1. The number of hydrogen-bond acceptors (Lipinski definition) is 3. The fourth-order valence-corrected chi connectivity index (χ4v) is 3.19. The molecule has 0 aliphatic carbocycles. The molecule has 0 saturated carbocycles. The third-order valence-electron chi connectivity index (χ3n) is 4.01. The Morgan fingerprint density at radius 2 is 2.00 bits per heavy atom. The normalized spacial score (nSPS) is 17.6. The van der Waals surface area contributed by atoms with Gasteiger partial charge in [0, 0.05) is 17.9 Å². The molecule has 0 amide bonds. The molecule has 2 aromatic rings. The number of aryl methyl sites for hydroxylation is 2. The summed E-state index contributed by atoms with van der Waals surface area (Å²) in [6.45, 7) is 5.75. The van der Waals surface area contributed by atoms with Gasteiger partial charge in [0.15, 0.2) is 0 Å². The molecular formula is C18H22N2O. The van der Waals surface area contributed by atoms with Crippen molar-refractivity contribution in [2.45, 2.75) is 26.4 Å². The van der Waals surface area contributed by atoms with Crippen LogP contribution < -0.4 is 5.32 Å². The van der Waals surface area contributed by atoms with Crippen molar-refractivity contribution < 1.29 is 4.74 Å². The first-order chi connectivity index (χ1) is 10.2. The molecule has 1 aliphatic rings. The summed E-state index contributed by atoms with van der Waals surface area (Å²) in [5.41, 5.74) is 7.48. The second-order valence-corrected chi connectivity index (χ2v) is 5.68. The van der Waals surface area contributed by atoms with E-state index in [0.717, 1.165) is 31.0 Å². The highest BCUT2D eigenvalue weighted by atomic mass is 16.5. The lowest BCUT2D eigenvalue weighted by Crippen LogP contribution is -2.25. The molecule has 110 valence electrons. The van der Waals surface area contributed by atoms with Crippen molar-refractivity contribution in [1.29, 1.82) is 0 Å². The highest BCUT2D eigenvalue weighted by Gasteiger charge is 2.22. The quantitative estimate of drug-likeness (QED) is 0.938. The fraction of sp³-hybridized carbons (Fsp3) is 0.389. The van der Waals surface area contributed by atoms with Crippen LogP contribution in [0.15, 0.2) is 30.3 Å². The standard InChI is InChI=1S/C18H22N2O/c1-12-9-14(10-13(2)20-12)15-5-4-6-17-16(15)7-8-21-18(17)11-19-3/h4-6,9-10,18-19H,7-8,11H2,1-3H3. The molecule has 3 nitrogen and oxygen atoms in total. The smallest absolute Gasteiger partial charge is 0.0952 e. The minimum Gasteiger partial charge on any atom is -0.372 e. The van der Waals surface area contributed by atoms with Gasteiger partial charge in [-0.05, 0) is 61.7 Å². The van der Waals surface area contributed by atoms with E-state index in [0.29, 0.717) is 0 Å². The van der Waals surface area contributed by atoms with E-state index >= 15 is 0 Å². The van der Waals surface area contributed by atoms with E-state index in [1.165, 1.54) is 22.3 Å². The van der Waals surface area contributed by atoms with Crippen LogP contribution in [0.25, 0.3) is 11.1 Å². The minimum atomic E-state index is 0.155. The maximum absolute atomic E-state index is 5.91. The molecule has 1 unspecified atom stereocenters. The van der Waals surface area contributed by atoms with E-state index in [1.54, 1.807) is 0 Å². The van der Waals surface area contributed by atoms with Crippen LogP contribution in [0, 0.1) is 13.8 Å². The number of benzene rings is 1. The summed E-state index contributed by atoms with van der Waals surface area (Å²) in [6.07, 6.45) is 1.13. The van der Waals surface area contributed by atoms with Crippen LogP contribution in [-0.2, 0) is 11.2 Å². The molecule has 0 bridgehead atoms. The first-order valence-electron chi connectivity index (χ1n) is 7.52. The molecule has 1 aromatic carbocycles. The van der Waals surface area contributed by atoms with Crippen LogP contribution in [0.3, 0.4) is 0 Å². The summed E-state index contributed by atoms with van der Waals surface area (Å²) < 4.78 is 5.91. The highest BCUT2D eigenvalue weighted by molar-refractivity contribution is 5.70. The summed E-state index contributed by atoms with van der Waals surface area (Å²) in [5, 5.41) is 3.22. The van der Waals surface area contributed by atoms with Crippen molar-refractivity contribution in [3.63, 3.8) is 0 Å². The van der Waals surface area contributed by atoms with Gasteiger partial charge in [-0.1, -0.05) is 18.2 Å². The molecule has 0 fully saturated rings. The van der Waals surface area contributed by atoms with Gasteiger partial charge < -0.3 is 10.1 Å². The van der Waals surface area contributed by atoms with Gasteiger partial charge in [0.1, 0.15) is 0 Å². The number of aromatic nitrogens is 1. The van der Waals surface area contributed by atoms with Crippen molar-refractivity contribution in [2.75, 3.05) is 20.2 Å². The number of likely N-dealkylation sites (N-methyl/N-ethyl adjacent to an activating group) is 1. The molecule has 0 spiro atoms. The third-order valence-corrected chi connectivity index (χ3v) is 4.01. The predicted molar refractivity (Wildman–Crippen MR) is 85.5 cm³/mol. The maximum atomic E-state index is 5.91. The van der Waals surface area contributed by atoms with E-state index in [4.69, 9.17) is 4.74 Å². The predicted octanol–water partition coefficient (Wildman–Crippen LogP) is 3.20. The summed E-state index contributed by atoms with van der Waals surface area (Å²) in [6, 6.07) is 10.9. The van der Waals surface area contributed by atoms with Crippen molar-refractivity contribution in [3.8, 4) is 11.1 Å². The Labute approximate surface area is 126 Å². The van der Waals surface area contributed by atoms with Crippen molar-refractivity contribution >= 4 is 0 Å². The lowest BCUT2D eigenvalue weighted by molar-refractivity contribution is 0.0440. The van der Waals surface area contributed by atoms with Crippen LogP contribution in [0.1, 0.15) is 28.6 Å². The van der Waals surface area contributed by atoms with Crippen LogP contribution in [-0.4, -0.2) is 25.2 Å². The molecule has 1 atom stereocenters. The van der Waals surface area contributed by atoms with Gasteiger partial charge in [0.25, 0.3) is 0 Å².